The zero-order valence-electron chi connectivity index (χ0n) is 8.11. The summed E-state index contributed by atoms with van der Waals surface area (Å²) in [5.74, 6) is 0. The maximum atomic E-state index is 5.88. The van der Waals surface area contributed by atoms with Crippen molar-refractivity contribution in [3.63, 3.8) is 0 Å². The molecular formula is C11H13BrClN. The summed E-state index contributed by atoms with van der Waals surface area (Å²) < 4.78 is 1.02. The highest BCUT2D eigenvalue weighted by molar-refractivity contribution is 9.10. The Morgan fingerprint density at radius 1 is 1.57 bits per heavy atom. The zero-order valence-corrected chi connectivity index (χ0v) is 10.5. The molecule has 1 aromatic carbocycles. The van der Waals surface area contributed by atoms with Crippen LogP contribution in [-0.4, -0.2) is 6.54 Å². The van der Waals surface area contributed by atoms with E-state index in [-0.39, 0.29) is 0 Å². The van der Waals surface area contributed by atoms with Gasteiger partial charge in [0.05, 0.1) is 5.69 Å². The molecule has 0 amide bonds. The first-order chi connectivity index (χ1) is 6.63. The van der Waals surface area contributed by atoms with E-state index >= 15 is 0 Å². The first-order valence-electron chi connectivity index (χ1n) is 4.49. The van der Waals surface area contributed by atoms with Gasteiger partial charge in [-0.15, -0.1) is 0 Å². The van der Waals surface area contributed by atoms with Crippen LogP contribution in [0.3, 0.4) is 0 Å². The highest BCUT2D eigenvalue weighted by atomic mass is 79.9. The van der Waals surface area contributed by atoms with Crippen LogP contribution in [0.5, 0.6) is 0 Å². The van der Waals surface area contributed by atoms with Crippen molar-refractivity contribution in [2.75, 3.05) is 11.9 Å². The molecule has 0 aliphatic heterocycles. The molecule has 0 unspecified atom stereocenters. The first-order valence-corrected chi connectivity index (χ1v) is 5.66. The van der Waals surface area contributed by atoms with E-state index in [1.807, 2.05) is 18.2 Å². The lowest BCUT2D eigenvalue weighted by Gasteiger charge is -2.09. The summed E-state index contributed by atoms with van der Waals surface area (Å²) in [6, 6.07) is 5.68. The van der Waals surface area contributed by atoms with Gasteiger partial charge in [0.2, 0.25) is 0 Å². The number of hydrogen-bond acceptors (Lipinski definition) is 1. The van der Waals surface area contributed by atoms with Gasteiger partial charge in [0.25, 0.3) is 0 Å². The second kappa shape index (κ2) is 5.42. The molecule has 0 spiro atoms. The fourth-order valence-corrected chi connectivity index (χ4v) is 1.54. The Morgan fingerprint density at radius 3 is 2.93 bits per heavy atom. The molecule has 0 atom stereocenters. The van der Waals surface area contributed by atoms with E-state index < -0.39 is 0 Å². The van der Waals surface area contributed by atoms with Gasteiger partial charge >= 0.3 is 0 Å². The van der Waals surface area contributed by atoms with Crippen LogP contribution in [0.1, 0.15) is 13.3 Å². The van der Waals surface area contributed by atoms with Gasteiger partial charge in [0, 0.05) is 16.0 Å². The molecule has 14 heavy (non-hydrogen) atoms. The Balaban J connectivity index is 2.66. The minimum Gasteiger partial charge on any atom is -0.380 e. The van der Waals surface area contributed by atoms with E-state index in [9.17, 15) is 0 Å². The van der Waals surface area contributed by atoms with Gasteiger partial charge < -0.3 is 5.32 Å². The second-order valence-electron chi connectivity index (χ2n) is 3.08. The van der Waals surface area contributed by atoms with E-state index in [0.29, 0.717) is 0 Å². The average Bonchev–Trinajstić information content (AvgIpc) is 2.19. The van der Waals surface area contributed by atoms with E-state index in [0.717, 1.165) is 28.1 Å². The van der Waals surface area contributed by atoms with Crippen molar-refractivity contribution in [2.24, 2.45) is 0 Å². The predicted molar refractivity (Wildman–Crippen MR) is 67.1 cm³/mol. The van der Waals surface area contributed by atoms with Gasteiger partial charge in [-0.05, 0) is 40.5 Å². The standard InChI is InChI=1S/C11H13BrClN/c1-3-8(2)7-14-11-6-9(13)4-5-10(11)12/h4-6,14H,2-3,7H2,1H3. The van der Waals surface area contributed by atoms with Crippen LogP contribution >= 0.6 is 27.5 Å². The largest absolute Gasteiger partial charge is 0.380 e. The molecule has 0 fully saturated rings. The number of halogens is 2. The molecule has 76 valence electrons. The van der Waals surface area contributed by atoms with Crippen molar-refractivity contribution in [3.05, 3.63) is 39.8 Å². The van der Waals surface area contributed by atoms with Crippen molar-refractivity contribution < 1.29 is 0 Å². The zero-order chi connectivity index (χ0) is 10.6. The minimum absolute atomic E-state index is 0.734. The summed E-state index contributed by atoms with van der Waals surface area (Å²) in [4.78, 5) is 0. The predicted octanol–water partition coefficient (Wildman–Crippen LogP) is 4.48. The van der Waals surface area contributed by atoms with Gasteiger partial charge in [-0.25, -0.2) is 0 Å². The molecule has 0 saturated carbocycles. The van der Waals surface area contributed by atoms with Crippen LogP contribution in [-0.2, 0) is 0 Å². The van der Waals surface area contributed by atoms with E-state index in [1.54, 1.807) is 0 Å². The van der Waals surface area contributed by atoms with Crippen molar-refractivity contribution in [1.29, 1.82) is 0 Å². The summed E-state index contributed by atoms with van der Waals surface area (Å²) in [5, 5.41) is 4.01. The smallest absolute Gasteiger partial charge is 0.0502 e. The molecule has 1 N–H and O–H groups in total. The Kier molecular flexibility index (Phi) is 4.49. The number of nitrogens with one attached hydrogen (secondary N) is 1. The summed E-state index contributed by atoms with van der Waals surface area (Å²) in [6.45, 7) is 6.81. The first kappa shape index (κ1) is 11.6. The lowest BCUT2D eigenvalue weighted by atomic mass is 10.2. The van der Waals surface area contributed by atoms with E-state index in [1.165, 1.54) is 5.57 Å². The molecule has 1 nitrogen and oxygen atoms in total. The third-order valence-corrected chi connectivity index (χ3v) is 2.88. The number of rotatable bonds is 4. The lowest BCUT2D eigenvalue weighted by Crippen LogP contribution is -2.03. The molecule has 0 radical (unpaired) electrons. The second-order valence-corrected chi connectivity index (χ2v) is 4.37. The van der Waals surface area contributed by atoms with Gasteiger partial charge in [0.15, 0.2) is 0 Å². The third kappa shape index (κ3) is 3.35. The quantitative estimate of drug-likeness (QED) is 0.798. The van der Waals surface area contributed by atoms with Gasteiger partial charge in [0.1, 0.15) is 0 Å². The SMILES string of the molecule is C=C(CC)CNc1cc(Cl)ccc1Br. The van der Waals surface area contributed by atoms with Crippen molar-refractivity contribution in [3.8, 4) is 0 Å². The van der Waals surface area contributed by atoms with Gasteiger partial charge in [-0.2, -0.15) is 0 Å². The highest BCUT2D eigenvalue weighted by Crippen LogP contribution is 2.25. The van der Waals surface area contributed by atoms with Crippen LogP contribution in [0, 0.1) is 0 Å². The summed E-state index contributed by atoms with van der Waals surface area (Å²) >= 11 is 9.33. The molecule has 0 aromatic heterocycles. The van der Waals surface area contributed by atoms with Crippen LogP contribution in [0.25, 0.3) is 0 Å². The van der Waals surface area contributed by atoms with Crippen LogP contribution < -0.4 is 5.32 Å². The Morgan fingerprint density at radius 2 is 2.29 bits per heavy atom. The fourth-order valence-electron chi connectivity index (χ4n) is 0.978. The number of anilines is 1. The molecule has 0 aliphatic carbocycles. The van der Waals surface area contributed by atoms with Crippen LogP contribution in [0.15, 0.2) is 34.8 Å². The number of hydrogen-bond donors (Lipinski definition) is 1. The van der Waals surface area contributed by atoms with Crippen LogP contribution in [0.4, 0.5) is 5.69 Å². The summed E-state index contributed by atoms with van der Waals surface area (Å²) in [5.41, 5.74) is 2.18. The van der Waals surface area contributed by atoms with Crippen LogP contribution in [0.2, 0.25) is 5.02 Å². The van der Waals surface area contributed by atoms with Crippen molar-refractivity contribution in [2.45, 2.75) is 13.3 Å². The average molecular weight is 275 g/mol. The fraction of sp³-hybridized carbons (Fsp3) is 0.273. The molecule has 0 heterocycles. The maximum absolute atomic E-state index is 5.88. The summed E-state index contributed by atoms with van der Waals surface area (Å²) in [6.07, 6.45) is 0.991. The monoisotopic (exact) mass is 273 g/mol. The van der Waals surface area contributed by atoms with Gasteiger partial charge in [-0.1, -0.05) is 30.7 Å². The molecule has 0 aliphatic rings. The molecular weight excluding hydrogens is 261 g/mol. The van der Waals surface area contributed by atoms with E-state index in [4.69, 9.17) is 11.6 Å². The molecule has 1 rings (SSSR count). The van der Waals surface area contributed by atoms with E-state index in [2.05, 4.69) is 34.7 Å². The maximum Gasteiger partial charge on any atom is 0.0502 e. The topological polar surface area (TPSA) is 12.0 Å². The molecule has 0 bridgehead atoms. The Labute approximate surface area is 98.3 Å². The van der Waals surface area contributed by atoms with Gasteiger partial charge in [-0.3, -0.25) is 0 Å². The molecule has 1 aromatic rings. The number of benzene rings is 1. The molecule has 3 heteroatoms. The Bertz CT molecular complexity index is 336. The lowest BCUT2D eigenvalue weighted by molar-refractivity contribution is 1.05. The summed E-state index contributed by atoms with van der Waals surface area (Å²) in [7, 11) is 0. The molecule has 0 saturated heterocycles. The normalized spacial score (nSPS) is 9.93. The van der Waals surface area contributed by atoms with Crippen molar-refractivity contribution >= 4 is 33.2 Å². The minimum atomic E-state index is 0.734. The highest BCUT2D eigenvalue weighted by Gasteiger charge is 2.00. The Hall–Kier alpha value is -0.470. The third-order valence-electron chi connectivity index (χ3n) is 1.96. The van der Waals surface area contributed by atoms with Crippen molar-refractivity contribution in [1.82, 2.24) is 0 Å².